The number of benzene rings is 1. The number of rotatable bonds is 6. The lowest BCUT2D eigenvalue weighted by atomic mass is 9.78. The maximum absolute atomic E-state index is 13.0. The largest absolute Gasteiger partial charge is 0.384 e. The summed E-state index contributed by atoms with van der Waals surface area (Å²) in [5, 5.41) is 6.18. The Morgan fingerprint density at radius 3 is 2.60 bits per heavy atom. The van der Waals surface area contributed by atoms with Gasteiger partial charge in [0.1, 0.15) is 0 Å². The van der Waals surface area contributed by atoms with Crippen molar-refractivity contribution in [2.45, 2.75) is 26.7 Å². The van der Waals surface area contributed by atoms with Crippen LogP contribution in [0.15, 0.2) is 18.2 Å². The van der Waals surface area contributed by atoms with Gasteiger partial charge in [-0.15, -0.1) is 0 Å². The van der Waals surface area contributed by atoms with Crippen molar-refractivity contribution in [1.29, 1.82) is 0 Å². The molecule has 1 fully saturated rings. The van der Waals surface area contributed by atoms with Gasteiger partial charge in [-0.05, 0) is 57.0 Å². The molecule has 2 N–H and O–H groups in total. The molecule has 0 bridgehead atoms. The summed E-state index contributed by atoms with van der Waals surface area (Å²) >= 11 is 0. The third-order valence-electron chi connectivity index (χ3n) is 5.04. The maximum atomic E-state index is 13.0. The van der Waals surface area contributed by atoms with Gasteiger partial charge >= 0.3 is 0 Å². The molecule has 1 aromatic carbocycles. The summed E-state index contributed by atoms with van der Waals surface area (Å²) < 4.78 is 5.31. The summed E-state index contributed by atoms with van der Waals surface area (Å²) in [6, 6.07) is 5.79. The van der Waals surface area contributed by atoms with Gasteiger partial charge in [-0.2, -0.15) is 0 Å². The van der Waals surface area contributed by atoms with E-state index in [2.05, 4.69) is 10.6 Å². The summed E-state index contributed by atoms with van der Waals surface area (Å²) in [7, 11) is 3.30. The van der Waals surface area contributed by atoms with Gasteiger partial charge in [-0.25, -0.2) is 0 Å². The van der Waals surface area contributed by atoms with E-state index in [1.54, 1.807) is 14.2 Å². The smallest absolute Gasteiger partial charge is 0.243 e. The van der Waals surface area contributed by atoms with Crippen molar-refractivity contribution in [3.63, 3.8) is 0 Å². The fourth-order valence-electron chi connectivity index (χ4n) is 3.37. The number of piperidine rings is 1. The van der Waals surface area contributed by atoms with Crippen LogP contribution in [0.4, 0.5) is 5.69 Å². The van der Waals surface area contributed by atoms with Crippen molar-refractivity contribution in [3.8, 4) is 0 Å². The molecular formula is C19H29N3O3. The van der Waals surface area contributed by atoms with Gasteiger partial charge in [0, 0.05) is 19.8 Å². The first-order valence-electron chi connectivity index (χ1n) is 8.71. The number of methoxy groups -OCH3 is 1. The van der Waals surface area contributed by atoms with Crippen LogP contribution in [0.1, 0.15) is 24.0 Å². The van der Waals surface area contributed by atoms with Crippen LogP contribution in [0.25, 0.3) is 0 Å². The minimum absolute atomic E-state index is 0.0213. The number of carbonyl (C=O) groups excluding carboxylic acids is 2. The molecule has 2 amide bonds. The highest BCUT2D eigenvalue weighted by atomic mass is 16.5. The fraction of sp³-hybridized carbons (Fsp3) is 0.579. The molecule has 0 spiro atoms. The monoisotopic (exact) mass is 347 g/mol. The van der Waals surface area contributed by atoms with Gasteiger partial charge in [-0.1, -0.05) is 12.1 Å². The van der Waals surface area contributed by atoms with Crippen LogP contribution < -0.4 is 10.6 Å². The zero-order valence-corrected chi connectivity index (χ0v) is 15.6. The van der Waals surface area contributed by atoms with Crippen LogP contribution >= 0.6 is 0 Å². The molecule has 0 saturated carbocycles. The van der Waals surface area contributed by atoms with Crippen LogP contribution in [0, 0.1) is 19.3 Å². The number of amides is 2. The molecule has 6 nitrogen and oxygen atoms in total. The molecule has 6 heteroatoms. The molecule has 1 aliphatic rings. The summed E-state index contributed by atoms with van der Waals surface area (Å²) in [4.78, 5) is 26.9. The van der Waals surface area contributed by atoms with Crippen LogP contribution in [0.3, 0.4) is 0 Å². The molecule has 138 valence electrons. The summed E-state index contributed by atoms with van der Waals surface area (Å²) in [5.41, 5.74) is 2.42. The van der Waals surface area contributed by atoms with Gasteiger partial charge in [0.25, 0.3) is 0 Å². The second kappa shape index (κ2) is 8.45. The van der Waals surface area contributed by atoms with Crippen molar-refractivity contribution in [1.82, 2.24) is 10.2 Å². The summed E-state index contributed by atoms with van der Waals surface area (Å²) in [5.74, 6) is -0.210. The van der Waals surface area contributed by atoms with Gasteiger partial charge < -0.3 is 20.3 Å². The lowest BCUT2D eigenvalue weighted by Gasteiger charge is -2.38. The first-order chi connectivity index (χ1) is 11.9. The van der Waals surface area contributed by atoms with Crippen molar-refractivity contribution >= 4 is 17.5 Å². The van der Waals surface area contributed by atoms with Crippen molar-refractivity contribution in [2.24, 2.45) is 5.41 Å². The summed E-state index contributed by atoms with van der Waals surface area (Å²) in [6.07, 6.45) is 1.45. The van der Waals surface area contributed by atoms with E-state index in [1.165, 1.54) is 4.90 Å². The molecule has 0 aromatic heterocycles. The Bertz CT molecular complexity index is 619. The predicted molar refractivity (Wildman–Crippen MR) is 98.6 cm³/mol. The second-order valence-corrected chi connectivity index (χ2v) is 6.92. The van der Waals surface area contributed by atoms with Gasteiger partial charge in [0.2, 0.25) is 11.8 Å². The number of nitrogens with zero attached hydrogens (tertiary/aromatic N) is 1. The molecule has 0 radical (unpaired) electrons. The Kier molecular flexibility index (Phi) is 6.56. The molecule has 1 aliphatic heterocycles. The number of carbonyl (C=O) groups is 2. The van der Waals surface area contributed by atoms with Crippen molar-refractivity contribution < 1.29 is 14.3 Å². The molecule has 1 heterocycles. The Hall–Kier alpha value is -1.92. The Labute approximate surface area is 149 Å². The predicted octanol–water partition coefficient (Wildman–Crippen LogP) is 1.72. The Morgan fingerprint density at radius 2 is 1.96 bits per heavy atom. The summed E-state index contributed by atoms with van der Waals surface area (Å²) in [6.45, 7) is 5.98. The quantitative estimate of drug-likeness (QED) is 0.822. The van der Waals surface area contributed by atoms with Crippen LogP contribution in [-0.2, 0) is 14.3 Å². The Morgan fingerprint density at radius 1 is 1.28 bits per heavy atom. The second-order valence-electron chi connectivity index (χ2n) is 6.92. The van der Waals surface area contributed by atoms with E-state index in [1.807, 2.05) is 32.0 Å². The van der Waals surface area contributed by atoms with E-state index < -0.39 is 5.41 Å². The van der Waals surface area contributed by atoms with E-state index in [0.717, 1.165) is 42.7 Å². The molecular weight excluding hydrogens is 318 g/mol. The average Bonchev–Trinajstić information content (AvgIpc) is 2.59. The first-order valence-corrected chi connectivity index (χ1v) is 8.71. The van der Waals surface area contributed by atoms with Crippen LogP contribution in [0.2, 0.25) is 0 Å². The Balaban J connectivity index is 2.02. The highest BCUT2D eigenvalue weighted by Crippen LogP contribution is 2.31. The lowest BCUT2D eigenvalue weighted by molar-refractivity contribution is -0.147. The number of aryl methyl sites for hydroxylation is 1. The van der Waals surface area contributed by atoms with E-state index in [9.17, 15) is 9.59 Å². The average molecular weight is 347 g/mol. The van der Waals surface area contributed by atoms with Gasteiger partial charge in [0.05, 0.1) is 18.6 Å². The fourth-order valence-corrected chi connectivity index (χ4v) is 3.37. The number of ether oxygens (including phenoxy) is 1. The molecule has 0 aliphatic carbocycles. The maximum Gasteiger partial charge on any atom is 0.243 e. The number of anilines is 1. The third-order valence-corrected chi connectivity index (χ3v) is 5.04. The van der Waals surface area contributed by atoms with E-state index in [4.69, 9.17) is 4.74 Å². The topological polar surface area (TPSA) is 70.7 Å². The molecule has 2 rings (SSSR count). The highest BCUT2D eigenvalue weighted by Gasteiger charge is 2.41. The lowest BCUT2D eigenvalue weighted by Crippen LogP contribution is -2.51. The third kappa shape index (κ3) is 4.58. The van der Waals surface area contributed by atoms with Gasteiger partial charge in [-0.3, -0.25) is 9.59 Å². The number of nitrogens with one attached hydrogen (secondary N) is 2. The number of hydrogen-bond acceptors (Lipinski definition) is 4. The minimum atomic E-state index is -0.533. The number of likely N-dealkylation sites (N-methyl/N-ethyl adjacent to an activating group) is 1. The first kappa shape index (κ1) is 19.4. The van der Waals surface area contributed by atoms with Crippen molar-refractivity contribution in [3.05, 3.63) is 29.3 Å². The van der Waals surface area contributed by atoms with E-state index in [-0.39, 0.29) is 18.4 Å². The van der Waals surface area contributed by atoms with Gasteiger partial charge in [0.15, 0.2) is 0 Å². The molecule has 1 aromatic rings. The van der Waals surface area contributed by atoms with Crippen LogP contribution in [0.5, 0.6) is 0 Å². The van der Waals surface area contributed by atoms with Crippen molar-refractivity contribution in [2.75, 3.05) is 45.7 Å². The molecule has 25 heavy (non-hydrogen) atoms. The molecule has 0 unspecified atom stereocenters. The molecule has 0 atom stereocenters. The molecule has 1 saturated heterocycles. The number of hydrogen-bond donors (Lipinski definition) is 2. The highest BCUT2D eigenvalue weighted by molar-refractivity contribution is 5.96. The normalized spacial score (nSPS) is 16.3. The van der Waals surface area contributed by atoms with Crippen LogP contribution in [-0.4, -0.2) is 57.1 Å². The van der Waals surface area contributed by atoms with E-state index >= 15 is 0 Å². The minimum Gasteiger partial charge on any atom is -0.384 e. The van der Waals surface area contributed by atoms with E-state index in [0.29, 0.717) is 6.61 Å². The standard InChI is InChI=1S/C19H29N3O3/c1-14-6-5-7-16(15(14)2)21-17(23)12-22(3)18(24)19(13-25-4)8-10-20-11-9-19/h5-7,20H,8-13H2,1-4H3,(H,21,23). The SMILES string of the molecule is COCC1(C(=O)N(C)CC(=O)Nc2cccc(C)c2C)CCNCC1. The zero-order valence-electron chi connectivity index (χ0n) is 15.6. The zero-order chi connectivity index (χ0) is 18.4.